The largest absolute Gasteiger partial charge is 0.481 e. The van der Waals surface area contributed by atoms with Gasteiger partial charge in [-0.1, -0.05) is 19.1 Å². The number of anilines is 1. The summed E-state index contributed by atoms with van der Waals surface area (Å²) in [6.07, 6.45) is 1.14. The first-order chi connectivity index (χ1) is 8.70. The summed E-state index contributed by atoms with van der Waals surface area (Å²) in [6.45, 7) is 4.02. The van der Waals surface area contributed by atoms with Crippen LogP contribution in [0.15, 0.2) is 24.3 Å². The highest BCUT2D eigenvalue weighted by atomic mass is 16.5. The van der Waals surface area contributed by atoms with E-state index in [1.165, 1.54) is 5.56 Å². The molecule has 0 bridgehead atoms. The third-order valence-corrected chi connectivity index (χ3v) is 3.31. The predicted molar refractivity (Wildman–Crippen MR) is 70.0 cm³/mol. The van der Waals surface area contributed by atoms with Gasteiger partial charge in [-0.15, -0.1) is 0 Å². The number of morpholine rings is 1. The number of aliphatic carboxylic acids is 1. The fraction of sp³-hybridized carbons (Fsp3) is 0.500. The molecule has 1 heterocycles. The van der Waals surface area contributed by atoms with Crippen molar-refractivity contribution in [2.45, 2.75) is 25.8 Å². The second kappa shape index (κ2) is 5.87. The molecule has 4 nitrogen and oxygen atoms in total. The summed E-state index contributed by atoms with van der Waals surface area (Å²) in [6, 6.07) is 8.27. The van der Waals surface area contributed by atoms with Gasteiger partial charge < -0.3 is 14.7 Å². The van der Waals surface area contributed by atoms with Crippen LogP contribution in [0.5, 0.6) is 0 Å². The number of hydrogen-bond donors (Lipinski definition) is 1. The van der Waals surface area contributed by atoms with Crippen LogP contribution in [0, 0.1) is 0 Å². The predicted octanol–water partition coefficient (Wildman–Crippen LogP) is 1.93. The Kier molecular flexibility index (Phi) is 4.20. The van der Waals surface area contributed by atoms with Crippen LogP contribution in [0.25, 0.3) is 0 Å². The Bertz CT molecular complexity index is 402. The molecule has 2 rings (SSSR count). The highest BCUT2D eigenvalue weighted by molar-refractivity contribution is 5.68. The Morgan fingerprint density at radius 1 is 1.44 bits per heavy atom. The van der Waals surface area contributed by atoms with Gasteiger partial charge in [0.25, 0.3) is 0 Å². The van der Waals surface area contributed by atoms with Crippen LogP contribution in [-0.2, 0) is 16.0 Å². The SMILES string of the molecule is CCc1ccc(N2CCOCC2CC(=O)O)cc1. The summed E-state index contributed by atoms with van der Waals surface area (Å²) in [5.41, 5.74) is 2.38. The van der Waals surface area contributed by atoms with E-state index in [-0.39, 0.29) is 12.5 Å². The van der Waals surface area contributed by atoms with Crippen molar-refractivity contribution >= 4 is 11.7 Å². The van der Waals surface area contributed by atoms with Crippen molar-refractivity contribution in [3.05, 3.63) is 29.8 Å². The molecule has 1 N–H and O–H groups in total. The van der Waals surface area contributed by atoms with Gasteiger partial charge in [0, 0.05) is 12.2 Å². The summed E-state index contributed by atoms with van der Waals surface area (Å²) >= 11 is 0. The van der Waals surface area contributed by atoms with E-state index >= 15 is 0 Å². The number of carboxylic acids is 1. The van der Waals surface area contributed by atoms with Gasteiger partial charge in [-0.25, -0.2) is 0 Å². The maximum atomic E-state index is 10.9. The standard InChI is InChI=1S/C14H19NO3/c1-2-11-3-5-12(6-4-11)15-7-8-18-10-13(15)9-14(16)17/h3-6,13H,2,7-10H2,1H3,(H,16,17). The lowest BCUT2D eigenvalue weighted by Crippen LogP contribution is -2.46. The van der Waals surface area contributed by atoms with Crippen LogP contribution < -0.4 is 4.90 Å². The molecule has 0 aliphatic carbocycles. The van der Waals surface area contributed by atoms with Crippen molar-refractivity contribution in [2.75, 3.05) is 24.7 Å². The Morgan fingerprint density at radius 2 is 2.17 bits per heavy atom. The van der Waals surface area contributed by atoms with E-state index in [1.807, 2.05) is 0 Å². The molecule has 1 aliphatic rings. The maximum Gasteiger partial charge on any atom is 0.305 e. The summed E-state index contributed by atoms with van der Waals surface area (Å²) in [4.78, 5) is 13.0. The number of ether oxygens (including phenoxy) is 1. The van der Waals surface area contributed by atoms with Gasteiger partial charge in [-0.2, -0.15) is 0 Å². The number of nitrogens with zero attached hydrogens (tertiary/aromatic N) is 1. The van der Waals surface area contributed by atoms with Crippen molar-refractivity contribution in [3.63, 3.8) is 0 Å². The van der Waals surface area contributed by atoms with E-state index in [0.717, 1.165) is 18.7 Å². The first-order valence-corrected chi connectivity index (χ1v) is 6.36. The quantitative estimate of drug-likeness (QED) is 0.885. The maximum absolute atomic E-state index is 10.9. The molecular weight excluding hydrogens is 230 g/mol. The molecule has 4 heteroatoms. The van der Waals surface area contributed by atoms with Gasteiger partial charge in [-0.05, 0) is 24.1 Å². The third-order valence-electron chi connectivity index (χ3n) is 3.31. The zero-order valence-electron chi connectivity index (χ0n) is 10.6. The summed E-state index contributed by atoms with van der Waals surface area (Å²) in [5.74, 6) is -0.777. The second-order valence-corrected chi connectivity index (χ2v) is 4.54. The highest BCUT2D eigenvalue weighted by Crippen LogP contribution is 2.22. The molecule has 1 saturated heterocycles. The van der Waals surface area contributed by atoms with Crippen molar-refractivity contribution in [3.8, 4) is 0 Å². The molecule has 0 amide bonds. The molecule has 1 fully saturated rings. The zero-order valence-corrected chi connectivity index (χ0v) is 10.6. The molecule has 0 spiro atoms. The Labute approximate surface area is 107 Å². The van der Waals surface area contributed by atoms with Crippen LogP contribution in [0.2, 0.25) is 0 Å². The van der Waals surface area contributed by atoms with Crippen molar-refractivity contribution < 1.29 is 14.6 Å². The normalized spacial score (nSPS) is 19.8. The van der Waals surface area contributed by atoms with Gasteiger partial charge in [-0.3, -0.25) is 4.79 Å². The van der Waals surface area contributed by atoms with E-state index in [9.17, 15) is 4.79 Å². The smallest absolute Gasteiger partial charge is 0.305 e. The molecule has 0 saturated carbocycles. The minimum absolute atomic E-state index is 0.0660. The van der Waals surface area contributed by atoms with Gasteiger partial charge in [0.15, 0.2) is 0 Å². The van der Waals surface area contributed by atoms with E-state index in [2.05, 4.69) is 36.1 Å². The molecule has 1 aliphatic heterocycles. The fourth-order valence-electron chi connectivity index (χ4n) is 2.29. The highest BCUT2D eigenvalue weighted by Gasteiger charge is 2.25. The Hall–Kier alpha value is -1.55. The molecule has 1 aromatic carbocycles. The summed E-state index contributed by atoms with van der Waals surface area (Å²) in [7, 11) is 0. The summed E-state index contributed by atoms with van der Waals surface area (Å²) in [5, 5.41) is 8.93. The number of hydrogen-bond acceptors (Lipinski definition) is 3. The minimum atomic E-state index is -0.777. The van der Waals surface area contributed by atoms with Gasteiger partial charge in [0.2, 0.25) is 0 Å². The van der Waals surface area contributed by atoms with Crippen molar-refractivity contribution in [2.24, 2.45) is 0 Å². The first kappa shape index (κ1) is 12.9. The van der Waals surface area contributed by atoms with Crippen LogP contribution in [-0.4, -0.2) is 36.9 Å². The second-order valence-electron chi connectivity index (χ2n) is 4.54. The molecule has 0 aromatic heterocycles. The molecular formula is C14H19NO3. The van der Waals surface area contributed by atoms with Gasteiger partial charge in [0.05, 0.1) is 25.7 Å². The minimum Gasteiger partial charge on any atom is -0.481 e. The topological polar surface area (TPSA) is 49.8 Å². The number of carbonyl (C=O) groups is 1. The molecule has 1 atom stereocenters. The lowest BCUT2D eigenvalue weighted by Gasteiger charge is -2.36. The third kappa shape index (κ3) is 3.01. The van der Waals surface area contributed by atoms with E-state index in [0.29, 0.717) is 13.2 Å². The van der Waals surface area contributed by atoms with Crippen molar-refractivity contribution in [1.82, 2.24) is 0 Å². The zero-order chi connectivity index (χ0) is 13.0. The average molecular weight is 249 g/mol. The monoisotopic (exact) mass is 249 g/mol. The Balaban J connectivity index is 2.13. The Morgan fingerprint density at radius 3 is 2.78 bits per heavy atom. The van der Waals surface area contributed by atoms with Crippen LogP contribution >= 0.6 is 0 Å². The fourth-order valence-corrected chi connectivity index (χ4v) is 2.29. The molecule has 0 radical (unpaired) electrons. The van der Waals surface area contributed by atoms with E-state index in [1.54, 1.807) is 0 Å². The molecule has 98 valence electrons. The van der Waals surface area contributed by atoms with Crippen LogP contribution in [0.1, 0.15) is 18.9 Å². The number of rotatable bonds is 4. The molecule has 1 unspecified atom stereocenters. The lowest BCUT2D eigenvalue weighted by atomic mass is 10.1. The molecule has 18 heavy (non-hydrogen) atoms. The number of carboxylic acid groups (broad SMARTS) is 1. The molecule has 1 aromatic rings. The van der Waals surface area contributed by atoms with E-state index in [4.69, 9.17) is 9.84 Å². The number of benzene rings is 1. The van der Waals surface area contributed by atoms with Gasteiger partial charge in [0.1, 0.15) is 0 Å². The van der Waals surface area contributed by atoms with E-state index < -0.39 is 5.97 Å². The average Bonchev–Trinajstić information content (AvgIpc) is 2.39. The number of aryl methyl sites for hydroxylation is 1. The first-order valence-electron chi connectivity index (χ1n) is 6.36. The summed E-state index contributed by atoms with van der Waals surface area (Å²) < 4.78 is 5.37. The van der Waals surface area contributed by atoms with Crippen molar-refractivity contribution in [1.29, 1.82) is 0 Å². The lowest BCUT2D eigenvalue weighted by molar-refractivity contribution is -0.138. The van der Waals surface area contributed by atoms with Crippen LogP contribution in [0.3, 0.4) is 0 Å². The van der Waals surface area contributed by atoms with Gasteiger partial charge >= 0.3 is 5.97 Å². The van der Waals surface area contributed by atoms with Crippen LogP contribution in [0.4, 0.5) is 5.69 Å².